The molecular weight excluding hydrogens is 326 g/mol. The predicted octanol–water partition coefficient (Wildman–Crippen LogP) is -0.0483. The number of rotatable bonds is 2. The molecule has 0 aliphatic rings. The van der Waals surface area contributed by atoms with Gasteiger partial charge in [-0.15, -0.1) is 0 Å². The Morgan fingerprint density at radius 2 is 2.17 bits per heavy atom. The Labute approximate surface area is 80.9 Å². The minimum atomic E-state index is 0.324. The van der Waals surface area contributed by atoms with Crippen molar-refractivity contribution in [1.29, 1.82) is 0 Å². The van der Waals surface area contributed by atoms with Crippen LogP contribution >= 0.6 is 0 Å². The molecule has 0 saturated heterocycles. The zero-order valence-corrected chi connectivity index (χ0v) is 9.18. The van der Waals surface area contributed by atoms with E-state index in [0.717, 1.165) is 24.9 Å². The number of aliphatic hydroxyl groups excluding tert-OH is 1. The van der Waals surface area contributed by atoms with E-state index in [1.807, 2.05) is 0 Å². The van der Waals surface area contributed by atoms with Gasteiger partial charge in [-0.3, -0.25) is 0 Å². The summed E-state index contributed by atoms with van der Waals surface area (Å²) >= 11 is 1.01. The van der Waals surface area contributed by atoms with E-state index in [4.69, 9.17) is 16.7 Å². The van der Waals surface area contributed by atoms with Crippen molar-refractivity contribution in [2.75, 3.05) is 11.2 Å². The van der Waals surface area contributed by atoms with E-state index in [1.54, 1.807) is 18.2 Å². The summed E-state index contributed by atoms with van der Waals surface area (Å²) in [7, 11) is 0. The fraction of sp³-hybridized carbons (Fsp3) is 0. The van der Waals surface area contributed by atoms with Gasteiger partial charge in [0.15, 0.2) is 0 Å². The first-order valence-corrected chi connectivity index (χ1v) is 4.71. The molecule has 64 valence electrons. The normalized spacial score (nSPS) is 9.50. The van der Waals surface area contributed by atoms with Crippen molar-refractivity contribution in [2.45, 2.75) is 0 Å². The standard InChI is InChI=1S/C7H9N3O.W/c8-6-3-5(4-11)1-2-7(6)10-9;/h1-3,10-11H,8-9H2;. The van der Waals surface area contributed by atoms with Gasteiger partial charge < -0.3 is 0 Å². The van der Waals surface area contributed by atoms with Crippen LogP contribution in [0.3, 0.4) is 0 Å². The Morgan fingerprint density at radius 1 is 1.50 bits per heavy atom. The first-order chi connectivity index (χ1) is 5.65. The summed E-state index contributed by atoms with van der Waals surface area (Å²) < 4.78 is 0.324. The molecule has 0 aliphatic heterocycles. The van der Waals surface area contributed by atoms with E-state index in [1.165, 1.54) is 0 Å². The number of hydrogen-bond acceptors (Lipinski definition) is 4. The molecule has 0 aromatic heterocycles. The Morgan fingerprint density at radius 3 is 2.58 bits per heavy atom. The topological polar surface area (TPSA) is 84.3 Å². The van der Waals surface area contributed by atoms with Gasteiger partial charge in [0.25, 0.3) is 0 Å². The molecule has 4 nitrogen and oxygen atoms in total. The molecule has 0 spiro atoms. The summed E-state index contributed by atoms with van der Waals surface area (Å²) in [6.45, 7) is 0. The molecule has 0 amide bonds. The van der Waals surface area contributed by atoms with Gasteiger partial charge in [0.05, 0.1) is 0 Å². The molecule has 0 bridgehead atoms. The quantitative estimate of drug-likeness (QED) is 0.347. The fourth-order valence-corrected chi connectivity index (χ4v) is 1.28. The molecule has 0 unspecified atom stereocenters. The summed E-state index contributed by atoms with van der Waals surface area (Å²) in [6.07, 6.45) is 0. The zero-order valence-electron chi connectivity index (χ0n) is 6.24. The molecular formula is C7H9N3OW. The molecule has 1 aromatic rings. The third-order valence-corrected chi connectivity index (χ3v) is 2.30. The second kappa shape index (κ2) is 3.80. The van der Waals surface area contributed by atoms with E-state index in [9.17, 15) is 0 Å². The van der Waals surface area contributed by atoms with E-state index in [-0.39, 0.29) is 0 Å². The predicted molar refractivity (Wildman–Crippen MR) is 44.7 cm³/mol. The molecule has 0 fully saturated rings. The summed E-state index contributed by atoms with van der Waals surface area (Å²) in [6, 6.07) is 5.16. The Hall–Kier alpha value is -0.702. The van der Waals surface area contributed by atoms with Crippen molar-refractivity contribution >= 4 is 15.5 Å². The van der Waals surface area contributed by atoms with Gasteiger partial charge in [-0.1, -0.05) is 0 Å². The van der Waals surface area contributed by atoms with E-state index >= 15 is 0 Å². The number of hydrazine groups is 1. The van der Waals surface area contributed by atoms with Gasteiger partial charge in [0.2, 0.25) is 0 Å². The minimum absolute atomic E-state index is 0.324. The van der Waals surface area contributed by atoms with Crippen molar-refractivity contribution < 1.29 is 24.5 Å². The van der Waals surface area contributed by atoms with Crippen molar-refractivity contribution in [3.05, 3.63) is 23.8 Å². The van der Waals surface area contributed by atoms with Crippen LogP contribution < -0.4 is 17.0 Å². The molecule has 0 saturated carbocycles. The molecule has 0 radical (unpaired) electrons. The van der Waals surface area contributed by atoms with Crippen LogP contribution in [0.2, 0.25) is 0 Å². The van der Waals surface area contributed by atoms with Crippen molar-refractivity contribution in [3.8, 4) is 0 Å². The number of hydrogen-bond donors (Lipinski definition) is 4. The molecule has 0 aliphatic carbocycles. The van der Waals surface area contributed by atoms with Crippen LogP contribution in [0.25, 0.3) is 0 Å². The number of benzene rings is 1. The van der Waals surface area contributed by atoms with Crippen molar-refractivity contribution in [1.82, 2.24) is 0 Å². The van der Waals surface area contributed by atoms with Crippen molar-refractivity contribution in [2.24, 2.45) is 5.84 Å². The van der Waals surface area contributed by atoms with Gasteiger partial charge >= 0.3 is 80.7 Å². The average Bonchev–Trinajstić information content (AvgIpc) is 2.04. The SMILES string of the molecule is NNc1ccc([C](O)=[W])cc1N. The van der Waals surface area contributed by atoms with E-state index in [2.05, 4.69) is 5.43 Å². The van der Waals surface area contributed by atoms with Gasteiger partial charge in [-0.2, -0.15) is 0 Å². The Kier molecular flexibility index (Phi) is 2.98. The van der Waals surface area contributed by atoms with Crippen LogP contribution in [0.5, 0.6) is 0 Å². The summed E-state index contributed by atoms with van der Waals surface area (Å²) in [5, 5.41) is 9.16. The molecule has 1 aromatic carbocycles. The summed E-state index contributed by atoms with van der Waals surface area (Å²) in [4.78, 5) is 0. The number of nitrogen functional groups attached to an aromatic ring is 2. The van der Waals surface area contributed by atoms with Gasteiger partial charge in [-0.25, -0.2) is 0 Å². The number of nitrogens with one attached hydrogen (secondary N) is 1. The van der Waals surface area contributed by atoms with E-state index < -0.39 is 0 Å². The molecule has 0 atom stereocenters. The van der Waals surface area contributed by atoms with Gasteiger partial charge in [-0.05, 0) is 0 Å². The van der Waals surface area contributed by atoms with Crippen LogP contribution in [-0.4, -0.2) is 9.19 Å². The average molecular weight is 335 g/mol. The maximum atomic E-state index is 9.16. The number of nitrogens with two attached hydrogens (primary N) is 2. The maximum absolute atomic E-state index is 9.16. The first kappa shape index (κ1) is 9.39. The van der Waals surface area contributed by atoms with Gasteiger partial charge in [0, 0.05) is 0 Å². The van der Waals surface area contributed by atoms with Gasteiger partial charge in [0.1, 0.15) is 0 Å². The third-order valence-electron chi connectivity index (χ3n) is 1.45. The third kappa shape index (κ3) is 1.91. The summed E-state index contributed by atoms with van der Waals surface area (Å²) in [5.41, 5.74) is 9.99. The number of anilines is 2. The molecule has 6 N–H and O–H groups in total. The Balaban J connectivity index is 3.10. The molecule has 1 rings (SSSR count). The van der Waals surface area contributed by atoms with E-state index in [0.29, 0.717) is 15.5 Å². The second-order valence-corrected chi connectivity index (χ2v) is 3.64. The Bertz CT molecular complexity index is 314. The molecule has 5 heteroatoms. The molecule has 0 heterocycles. The second-order valence-electron chi connectivity index (χ2n) is 2.25. The van der Waals surface area contributed by atoms with Crippen molar-refractivity contribution in [3.63, 3.8) is 0 Å². The van der Waals surface area contributed by atoms with Crippen LogP contribution in [0.4, 0.5) is 11.4 Å². The number of aliphatic hydroxyl groups is 1. The summed E-state index contributed by atoms with van der Waals surface area (Å²) in [5.74, 6) is 5.18. The monoisotopic (exact) mass is 335 g/mol. The van der Waals surface area contributed by atoms with Crippen LogP contribution in [-0.2, 0) is 19.4 Å². The van der Waals surface area contributed by atoms with Crippen LogP contribution in [0.15, 0.2) is 18.2 Å². The first-order valence-electron chi connectivity index (χ1n) is 3.24. The molecule has 12 heavy (non-hydrogen) atoms. The van der Waals surface area contributed by atoms with Crippen LogP contribution in [0.1, 0.15) is 5.56 Å². The fourth-order valence-electron chi connectivity index (χ4n) is 0.827. The van der Waals surface area contributed by atoms with Crippen LogP contribution in [0, 0.1) is 0 Å². The zero-order chi connectivity index (χ0) is 9.14.